The van der Waals surface area contributed by atoms with Gasteiger partial charge >= 0.3 is 0 Å². The molecule has 1 heterocycles. The van der Waals surface area contributed by atoms with Crippen LogP contribution in [0, 0.1) is 0 Å². The number of rotatable bonds is 10. The largest absolute Gasteiger partial charge is 0.494 e. The van der Waals surface area contributed by atoms with Crippen molar-refractivity contribution in [2.75, 3.05) is 40.0 Å². The molecule has 1 fully saturated rings. The smallest absolute Gasteiger partial charge is 0.191 e. The van der Waals surface area contributed by atoms with Gasteiger partial charge in [-0.2, -0.15) is 0 Å². The molecule has 1 aliphatic rings. The lowest BCUT2D eigenvalue weighted by molar-refractivity contribution is 0.0420. The van der Waals surface area contributed by atoms with Crippen LogP contribution < -0.4 is 15.4 Å². The molecule has 2 N–H and O–H groups in total. The predicted molar refractivity (Wildman–Crippen MR) is 116 cm³/mol. The lowest BCUT2D eigenvalue weighted by Crippen LogP contribution is -2.37. The summed E-state index contributed by atoms with van der Waals surface area (Å²) < 4.78 is 16.7. The molecule has 1 aliphatic heterocycles. The molecule has 7 heteroatoms. The van der Waals surface area contributed by atoms with Crippen molar-refractivity contribution >= 4 is 29.9 Å². The maximum absolute atomic E-state index is 5.75. The quantitative estimate of drug-likeness (QED) is 0.235. The summed E-state index contributed by atoms with van der Waals surface area (Å²) in [5.74, 6) is 1.71. The van der Waals surface area contributed by atoms with Gasteiger partial charge in [-0.3, -0.25) is 4.99 Å². The van der Waals surface area contributed by atoms with Crippen LogP contribution >= 0.6 is 24.0 Å². The fourth-order valence-corrected chi connectivity index (χ4v) is 2.54. The number of guanidine groups is 1. The van der Waals surface area contributed by atoms with Gasteiger partial charge in [0.05, 0.1) is 19.3 Å². The average Bonchev–Trinajstić information content (AvgIpc) is 3.16. The van der Waals surface area contributed by atoms with Gasteiger partial charge in [-0.25, -0.2) is 0 Å². The number of benzene rings is 1. The number of hydrogen-bond acceptors (Lipinski definition) is 4. The van der Waals surface area contributed by atoms with Gasteiger partial charge in [-0.1, -0.05) is 19.1 Å². The second kappa shape index (κ2) is 14.1. The zero-order valence-electron chi connectivity index (χ0n) is 15.8. The first-order valence-corrected chi connectivity index (χ1v) is 9.17. The number of nitrogens with one attached hydrogen (secondary N) is 2. The van der Waals surface area contributed by atoms with E-state index in [0.29, 0.717) is 6.54 Å². The van der Waals surface area contributed by atoms with Crippen molar-refractivity contribution in [3.05, 3.63) is 29.8 Å². The normalized spacial score (nSPS) is 16.8. The highest BCUT2D eigenvalue weighted by Gasteiger charge is 2.15. The van der Waals surface area contributed by atoms with E-state index in [9.17, 15) is 0 Å². The highest BCUT2D eigenvalue weighted by atomic mass is 127. The molecule has 1 aromatic carbocycles. The lowest BCUT2D eigenvalue weighted by atomic mass is 10.2. The zero-order chi connectivity index (χ0) is 17.7. The van der Waals surface area contributed by atoms with Gasteiger partial charge in [-0.05, 0) is 37.0 Å². The fourth-order valence-electron chi connectivity index (χ4n) is 2.54. The van der Waals surface area contributed by atoms with Crippen LogP contribution in [0.2, 0.25) is 0 Å². The molecule has 1 saturated heterocycles. The number of aliphatic imine (C=N–C) groups is 1. The fraction of sp³-hybridized carbons (Fsp3) is 0.632. The third-order valence-electron chi connectivity index (χ3n) is 3.91. The molecule has 1 atom stereocenters. The van der Waals surface area contributed by atoms with E-state index in [1.165, 1.54) is 5.56 Å². The van der Waals surface area contributed by atoms with Crippen molar-refractivity contribution < 1.29 is 14.2 Å². The molecule has 0 saturated carbocycles. The Morgan fingerprint density at radius 2 is 2.19 bits per heavy atom. The van der Waals surface area contributed by atoms with Crippen molar-refractivity contribution in [1.82, 2.24) is 10.6 Å². The zero-order valence-corrected chi connectivity index (χ0v) is 18.2. The van der Waals surface area contributed by atoms with Crippen LogP contribution in [0.4, 0.5) is 0 Å². The van der Waals surface area contributed by atoms with Gasteiger partial charge in [0, 0.05) is 33.4 Å². The van der Waals surface area contributed by atoms with E-state index >= 15 is 0 Å². The summed E-state index contributed by atoms with van der Waals surface area (Å²) in [6, 6.07) is 8.15. The van der Waals surface area contributed by atoms with Crippen LogP contribution in [0.1, 0.15) is 31.7 Å². The lowest BCUT2D eigenvalue weighted by Gasteiger charge is -2.13. The maximum Gasteiger partial charge on any atom is 0.191 e. The van der Waals surface area contributed by atoms with Crippen LogP contribution in [0.5, 0.6) is 5.75 Å². The molecule has 0 aromatic heterocycles. The molecule has 6 nitrogen and oxygen atoms in total. The van der Waals surface area contributed by atoms with Gasteiger partial charge in [0.25, 0.3) is 0 Å². The third-order valence-corrected chi connectivity index (χ3v) is 3.91. The molecular weight excluding hydrogens is 445 g/mol. The van der Waals surface area contributed by atoms with E-state index < -0.39 is 0 Å². The number of nitrogens with zero attached hydrogens (tertiary/aromatic N) is 1. The first kappa shape index (κ1) is 23.0. The summed E-state index contributed by atoms with van der Waals surface area (Å²) in [6.07, 6.45) is 3.24. The van der Waals surface area contributed by atoms with Gasteiger partial charge in [0.1, 0.15) is 5.75 Å². The van der Waals surface area contributed by atoms with E-state index in [1.54, 1.807) is 7.05 Å². The van der Waals surface area contributed by atoms with Crippen molar-refractivity contribution in [2.45, 2.75) is 38.8 Å². The van der Waals surface area contributed by atoms with E-state index in [2.05, 4.69) is 34.7 Å². The summed E-state index contributed by atoms with van der Waals surface area (Å²) in [6.45, 7) is 6.69. The summed E-state index contributed by atoms with van der Waals surface area (Å²) in [5, 5.41) is 6.63. The van der Waals surface area contributed by atoms with Crippen molar-refractivity contribution in [1.29, 1.82) is 0 Å². The molecule has 0 radical (unpaired) electrons. The molecule has 0 amide bonds. The van der Waals surface area contributed by atoms with Crippen molar-refractivity contribution in [3.63, 3.8) is 0 Å². The Hall–Kier alpha value is -1.06. The minimum Gasteiger partial charge on any atom is -0.494 e. The first-order chi connectivity index (χ1) is 12.3. The average molecular weight is 477 g/mol. The van der Waals surface area contributed by atoms with Crippen LogP contribution in [0.3, 0.4) is 0 Å². The van der Waals surface area contributed by atoms with Gasteiger partial charge < -0.3 is 24.8 Å². The molecular formula is C19H32IN3O3. The summed E-state index contributed by atoms with van der Waals surface area (Å²) in [5.41, 5.74) is 1.17. The Kier molecular flexibility index (Phi) is 12.4. The highest BCUT2D eigenvalue weighted by Crippen LogP contribution is 2.13. The Bertz CT molecular complexity index is 523. The third kappa shape index (κ3) is 9.05. The topological polar surface area (TPSA) is 64.1 Å². The minimum atomic E-state index is 0. The van der Waals surface area contributed by atoms with E-state index in [1.807, 2.05) is 12.1 Å². The molecule has 0 bridgehead atoms. The molecule has 0 aliphatic carbocycles. The minimum absolute atomic E-state index is 0. The van der Waals surface area contributed by atoms with Crippen molar-refractivity contribution in [2.24, 2.45) is 4.99 Å². The predicted octanol–water partition coefficient (Wildman–Crippen LogP) is 2.95. The van der Waals surface area contributed by atoms with E-state index in [0.717, 1.165) is 63.9 Å². The highest BCUT2D eigenvalue weighted by molar-refractivity contribution is 14.0. The molecule has 26 heavy (non-hydrogen) atoms. The maximum atomic E-state index is 5.75. The Morgan fingerprint density at radius 1 is 1.31 bits per heavy atom. The number of halogens is 1. The molecule has 1 aromatic rings. The Labute approximate surface area is 174 Å². The van der Waals surface area contributed by atoms with Crippen LogP contribution in [-0.2, 0) is 16.0 Å². The van der Waals surface area contributed by atoms with Crippen LogP contribution in [-0.4, -0.2) is 52.1 Å². The molecule has 0 spiro atoms. The van der Waals surface area contributed by atoms with Crippen LogP contribution in [0.25, 0.3) is 0 Å². The second-order valence-corrected chi connectivity index (χ2v) is 6.06. The standard InChI is InChI=1S/C19H31N3O3.HI/c1-3-10-24-17-7-4-6-16(13-17)14-22-19(20-2)21-9-5-11-25-18-8-12-23-15-18;/h4,6-7,13,18H,3,5,8-12,14-15H2,1-2H3,(H2,20,21,22);1H. The summed E-state index contributed by atoms with van der Waals surface area (Å²) in [7, 11) is 1.78. The molecule has 2 rings (SSSR count). The van der Waals surface area contributed by atoms with Gasteiger partial charge in [0.15, 0.2) is 5.96 Å². The summed E-state index contributed by atoms with van der Waals surface area (Å²) >= 11 is 0. The SMILES string of the molecule is CCCOc1cccc(CNC(=NC)NCCCOC2CCOC2)c1.I. The van der Waals surface area contributed by atoms with Gasteiger partial charge in [-0.15, -0.1) is 24.0 Å². The van der Waals surface area contributed by atoms with Crippen molar-refractivity contribution in [3.8, 4) is 5.75 Å². The molecule has 148 valence electrons. The number of hydrogen-bond donors (Lipinski definition) is 2. The number of ether oxygens (including phenoxy) is 3. The van der Waals surface area contributed by atoms with E-state index in [-0.39, 0.29) is 30.1 Å². The molecule has 1 unspecified atom stereocenters. The Balaban J connectivity index is 0.00000338. The Morgan fingerprint density at radius 3 is 2.92 bits per heavy atom. The summed E-state index contributed by atoms with van der Waals surface area (Å²) in [4.78, 5) is 4.25. The van der Waals surface area contributed by atoms with E-state index in [4.69, 9.17) is 14.2 Å². The monoisotopic (exact) mass is 477 g/mol. The second-order valence-electron chi connectivity index (χ2n) is 6.06. The van der Waals surface area contributed by atoms with Crippen LogP contribution in [0.15, 0.2) is 29.3 Å². The van der Waals surface area contributed by atoms with Gasteiger partial charge in [0.2, 0.25) is 0 Å². The first-order valence-electron chi connectivity index (χ1n) is 9.17.